The van der Waals surface area contributed by atoms with Crippen molar-refractivity contribution in [2.24, 2.45) is 0 Å². The van der Waals surface area contributed by atoms with E-state index in [9.17, 15) is 10.1 Å². The molecule has 1 saturated heterocycles. The monoisotopic (exact) mass is 480 g/mol. The smallest absolute Gasteiger partial charge is 0.269 e. The predicted octanol–water partition coefficient (Wildman–Crippen LogP) is 1.09. The van der Waals surface area contributed by atoms with Crippen LogP contribution >= 0.6 is 0 Å². The van der Waals surface area contributed by atoms with Crippen LogP contribution in [0, 0.1) is 10.1 Å². The first-order valence-corrected chi connectivity index (χ1v) is 6.57. The van der Waals surface area contributed by atoms with E-state index < -0.39 is 0 Å². The zero-order valence-electron chi connectivity index (χ0n) is 9.99. The number of benzene rings is 1. The molecule has 0 aromatic heterocycles. The van der Waals surface area contributed by atoms with Gasteiger partial charge in [-0.25, -0.2) is 4.71 Å². The first-order chi connectivity index (χ1) is 8.58. The molecule has 0 atom stereocenters. The van der Waals surface area contributed by atoms with Crippen LogP contribution in [0.2, 0.25) is 0 Å². The zero-order valence-corrected chi connectivity index (χ0v) is 13.8. The average Bonchev–Trinajstić information content (AvgIpc) is 2.39. The summed E-state index contributed by atoms with van der Waals surface area (Å²) < 4.78 is -0.246. The van der Waals surface area contributed by atoms with Crippen LogP contribution in [-0.4, -0.2) is 40.7 Å². The van der Waals surface area contributed by atoms with Crippen molar-refractivity contribution in [1.29, 1.82) is 0 Å². The molecule has 0 saturated carbocycles. The number of nitro groups is 1. The summed E-state index contributed by atoms with van der Waals surface area (Å²) in [7, 11) is 0. The van der Waals surface area contributed by atoms with Crippen LogP contribution in [0.3, 0.4) is 0 Å². The van der Waals surface area contributed by atoms with Crippen molar-refractivity contribution >= 4 is 36.6 Å². The Morgan fingerprint density at radius 3 is 2.05 bits per heavy atom. The summed E-state index contributed by atoms with van der Waals surface area (Å²) in [6, 6.07) is 6.63. The molecule has 1 aliphatic heterocycles. The van der Waals surface area contributed by atoms with Gasteiger partial charge < -0.3 is 35.1 Å². The fraction of sp³-hybridized carbons (Fsp3) is 0.455. The largest absolute Gasteiger partial charge is 0.800 e. The summed E-state index contributed by atoms with van der Waals surface area (Å²) in [5, 5.41) is 10.6. The third-order valence-corrected chi connectivity index (χ3v) is 3.63. The number of non-ortho nitro benzene ring substituents is 1. The molecule has 1 heterocycles. The molecule has 0 spiro atoms. The molecule has 109 valence electrons. The van der Waals surface area contributed by atoms with Gasteiger partial charge in [0.1, 0.15) is 0 Å². The molecule has 19 heavy (non-hydrogen) atoms. The molecule has 1 radical (unpaired) electrons. The van der Waals surface area contributed by atoms with E-state index in [1.165, 1.54) is 12.1 Å². The van der Waals surface area contributed by atoms with Crippen LogP contribution in [0.15, 0.2) is 24.3 Å². The maximum Gasteiger partial charge on any atom is 0.269 e. The number of rotatable bonds is 3. The summed E-state index contributed by atoms with van der Waals surface area (Å²) in [5.41, 5.74) is 1.12. The Hall–Kier alpha value is -0.180. The Morgan fingerprint density at radius 2 is 1.63 bits per heavy atom. The summed E-state index contributed by atoms with van der Waals surface area (Å²) in [5.74, 6) is 0. The number of nitrogens with zero attached hydrogens (tertiary/aromatic N) is 3. The van der Waals surface area contributed by atoms with Crippen LogP contribution < -0.4 is 4.90 Å². The molecule has 1 fully saturated rings. The standard InChI is InChI=1S/C11H15N3O2S2.Au/c15-14(16)10-3-1-9(2-4-10)12-5-7-13(8-6-12)11(17)18;/h1-4,11,17-18H,5-8H2;/p-2. The van der Waals surface area contributed by atoms with Crippen molar-refractivity contribution in [3.05, 3.63) is 34.4 Å². The SMILES string of the molecule is O=[N+]([O-])c1ccc(N2CCN(C([S-])[S-])CC2)cc1.[Au]. The molecule has 0 aliphatic carbocycles. The van der Waals surface area contributed by atoms with Crippen molar-refractivity contribution in [2.75, 3.05) is 31.1 Å². The number of piperazine rings is 1. The van der Waals surface area contributed by atoms with E-state index in [4.69, 9.17) is 25.3 Å². The minimum absolute atomic E-state index is 0. The topological polar surface area (TPSA) is 49.6 Å². The molecular formula is C11H13AuN3O2S2-2. The van der Waals surface area contributed by atoms with Crippen molar-refractivity contribution in [1.82, 2.24) is 4.90 Å². The zero-order chi connectivity index (χ0) is 13.1. The second-order valence-electron chi connectivity index (χ2n) is 4.10. The Kier molecular flexibility index (Phi) is 6.72. The van der Waals surface area contributed by atoms with Crippen molar-refractivity contribution < 1.29 is 27.3 Å². The van der Waals surface area contributed by atoms with E-state index in [1.807, 2.05) is 0 Å². The first-order valence-electron chi connectivity index (χ1n) is 5.63. The predicted molar refractivity (Wildman–Crippen MR) is 75.4 cm³/mol. The van der Waals surface area contributed by atoms with E-state index in [0.29, 0.717) is 0 Å². The van der Waals surface area contributed by atoms with Gasteiger partial charge in [-0.3, -0.25) is 10.1 Å². The van der Waals surface area contributed by atoms with E-state index in [-0.39, 0.29) is 37.7 Å². The van der Waals surface area contributed by atoms with E-state index >= 15 is 0 Å². The average molecular weight is 480 g/mol. The Bertz CT molecular complexity index is 422. The molecule has 1 aromatic rings. The van der Waals surface area contributed by atoms with Gasteiger partial charge >= 0.3 is 0 Å². The normalized spacial score (nSPS) is 16.3. The third kappa shape index (κ3) is 4.40. The minimum atomic E-state index is -0.388. The van der Waals surface area contributed by atoms with Gasteiger partial charge in [0.15, 0.2) is 0 Å². The van der Waals surface area contributed by atoms with Crippen LogP contribution in [0.1, 0.15) is 0 Å². The maximum atomic E-state index is 10.6. The molecule has 0 bridgehead atoms. The summed E-state index contributed by atoms with van der Waals surface area (Å²) in [6.45, 7) is 3.38. The van der Waals surface area contributed by atoms with Crippen molar-refractivity contribution in [3.8, 4) is 0 Å². The van der Waals surface area contributed by atoms with Crippen LogP contribution in [0.5, 0.6) is 0 Å². The Morgan fingerprint density at radius 1 is 1.11 bits per heavy atom. The molecule has 5 nitrogen and oxygen atoms in total. The minimum Gasteiger partial charge on any atom is -0.800 e. The second kappa shape index (κ2) is 7.56. The van der Waals surface area contributed by atoms with Gasteiger partial charge in [0.25, 0.3) is 5.69 Å². The van der Waals surface area contributed by atoms with Gasteiger partial charge in [0.2, 0.25) is 0 Å². The maximum absolute atomic E-state index is 10.6. The van der Waals surface area contributed by atoms with Gasteiger partial charge in [0, 0.05) is 66.4 Å². The van der Waals surface area contributed by atoms with E-state index in [0.717, 1.165) is 31.9 Å². The third-order valence-electron chi connectivity index (χ3n) is 3.04. The Labute approximate surface area is 138 Å². The first kappa shape index (κ1) is 16.9. The molecule has 0 N–H and O–H groups in total. The van der Waals surface area contributed by atoms with Crippen molar-refractivity contribution in [3.63, 3.8) is 0 Å². The fourth-order valence-corrected chi connectivity index (χ4v) is 2.40. The number of hydrogen-bond acceptors (Lipinski definition) is 6. The van der Waals surface area contributed by atoms with E-state index in [1.54, 1.807) is 12.1 Å². The molecule has 2 rings (SSSR count). The second-order valence-corrected chi connectivity index (χ2v) is 5.30. The molecule has 8 heteroatoms. The molecule has 0 amide bonds. The fourth-order valence-electron chi connectivity index (χ4n) is 1.98. The molecular weight excluding hydrogens is 467 g/mol. The van der Waals surface area contributed by atoms with Gasteiger partial charge in [-0.1, -0.05) is 0 Å². The van der Waals surface area contributed by atoms with Crippen molar-refractivity contribution in [2.45, 2.75) is 4.71 Å². The summed E-state index contributed by atoms with van der Waals surface area (Å²) >= 11 is 10.1. The molecule has 0 unspecified atom stereocenters. The van der Waals surface area contributed by atoms with Crippen LogP contribution in [0.4, 0.5) is 11.4 Å². The van der Waals surface area contributed by atoms with Gasteiger partial charge in [0.05, 0.1) is 4.92 Å². The number of nitro benzene ring substituents is 1. The summed E-state index contributed by atoms with van der Waals surface area (Å²) in [4.78, 5) is 14.4. The molecule has 1 aliphatic rings. The summed E-state index contributed by atoms with van der Waals surface area (Å²) in [6.07, 6.45) is 0. The molecule has 1 aromatic carbocycles. The quantitative estimate of drug-likeness (QED) is 0.280. The van der Waals surface area contributed by atoms with Crippen LogP contribution in [-0.2, 0) is 47.6 Å². The van der Waals surface area contributed by atoms with Crippen LogP contribution in [0.25, 0.3) is 0 Å². The Balaban J connectivity index is 0.00000180. The van der Waals surface area contributed by atoms with Gasteiger partial charge in [-0.15, -0.1) is 0 Å². The number of hydrogen-bond donors (Lipinski definition) is 0. The van der Waals surface area contributed by atoms with E-state index in [2.05, 4.69) is 9.80 Å². The number of anilines is 1. The van der Waals surface area contributed by atoms with Gasteiger partial charge in [-0.2, -0.15) is 0 Å². The van der Waals surface area contributed by atoms with Gasteiger partial charge in [-0.05, 0) is 12.1 Å².